The van der Waals surface area contributed by atoms with E-state index >= 15 is 0 Å². The molecule has 0 aromatic heterocycles. The molecule has 4 aliphatic rings. The van der Waals surface area contributed by atoms with Gasteiger partial charge in [-0.1, -0.05) is 24.3 Å². The van der Waals surface area contributed by atoms with Gasteiger partial charge in [0.25, 0.3) is 0 Å². The first kappa shape index (κ1) is 11.2. The van der Waals surface area contributed by atoms with Crippen LogP contribution in [0.15, 0.2) is 35.4 Å². The molecule has 0 spiro atoms. The van der Waals surface area contributed by atoms with Crippen LogP contribution in [0.5, 0.6) is 0 Å². The van der Waals surface area contributed by atoms with Crippen LogP contribution in [0.1, 0.15) is 34.1 Å². The van der Waals surface area contributed by atoms with Crippen molar-refractivity contribution in [1.29, 1.82) is 0 Å². The van der Waals surface area contributed by atoms with Gasteiger partial charge < -0.3 is 0 Å². The third-order valence-electron chi connectivity index (χ3n) is 4.71. The quantitative estimate of drug-likeness (QED) is 0.679. The van der Waals surface area contributed by atoms with Gasteiger partial charge in [-0.05, 0) is 33.4 Å². The molecular weight excluding hydrogens is 256 g/mol. The van der Waals surface area contributed by atoms with Crippen LogP contribution >= 0.6 is 0 Å². The summed E-state index contributed by atoms with van der Waals surface area (Å²) in [6.07, 6.45) is 4.69. The van der Waals surface area contributed by atoms with Crippen LogP contribution in [-0.2, 0) is 32.8 Å². The average Bonchev–Trinajstić information content (AvgIpc) is 2.52. The highest BCUT2D eigenvalue weighted by Gasteiger charge is 2.39. The number of allylic oxidation sites excluding steroid dienone is 2. The van der Waals surface area contributed by atoms with Crippen molar-refractivity contribution in [3.63, 3.8) is 0 Å². The Bertz CT molecular complexity index is 602. The maximum Gasteiger partial charge on any atom is 0.108 e. The lowest BCUT2D eigenvalue weighted by Gasteiger charge is -2.42. The number of benzene rings is 1. The van der Waals surface area contributed by atoms with Gasteiger partial charge in [-0.25, -0.2) is 19.6 Å². The lowest BCUT2D eigenvalue weighted by atomic mass is 9.63. The Balaban J connectivity index is 1.60. The van der Waals surface area contributed by atoms with Crippen LogP contribution in [-0.4, -0.2) is 13.2 Å². The molecule has 0 N–H and O–H groups in total. The SMILES string of the molecule is C1=C2COOCC2=CC2c3cc4c(cc3C12)COOC4. The van der Waals surface area contributed by atoms with E-state index in [0.717, 1.165) is 0 Å². The Kier molecular flexibility index (Phi) is 2.26. The lowest BCUT2D eigenvalue weighted by molar-refractivity contribution is -0.322. The first-order chi connectivity index (χ1) is 9.90. The minimum absolute atomic E-state index is 0.485. The van der Waals surface area contributed by atoms with Crippen molar-refractivity contribution in [1.82, 2.24) is 0 Å². The first-order valence-electron chi connectivity index (χ1n) is 6.96. The van der Waals surface area contributed by atoms with Crippen LogP contribution in [0, 0.1) is 0 Å². The van der Waals surface area contributed by atoms with E-state index in [4.69, 9.17) is 19.6 Å². The molecular formula is C16H14O4. The minimum Gasteiger partial charge on any atom is -0.232 e. The fraction of sp³-hybridized carbons (Fsp3) is 0.375. The maximum absolute atomic E-state index is 5.08. The molecule has 5 rings (SSSR count). The molecule has 2 aliphatic carbocycles. The normalized spacial score (nSPS) is 30.0. The van der Waals surface area contributed by atoms with E-state index in [1.165, 1.54) is 33.4 Å². The Morgan fingerprint density at radius 3 is 1.60 bits per heavy atom. The first-order valence-corrected chi connectivity index (χ1v) is 6.96. The summed E-state index contributed by atoms with van der Waals surface area (Å²) < 4.78 is 0. The van der Waals surface area contributed by atoms with Gasteiger partial charge in [0.05, 0.1) is 0 Å². The van der Waals surface area contributed by atoms with Crippen LogP contribution < -0.4 is 0 Å². The number of fused-ring (bicyclic) bond motifs is 6. The molecule has 1 fully saturated rings. The van der Waals surface area contributed by atoms with Gasteiger partial charge in [-0.3, -0.25) is 0 Å². The van der Waals surface area contributed by atoms with Crippen LogP contribution in [0.4, 0.5) is 0 Å². The highest BCUT2D eigenvalue weighted by Crippen LogP contribution is 2.53. The van der Waals surface area contributed by atoms with E-state index in [1.54, 1.807) is 0 Å². The molecule has 1 aromatic rings. The molecule has 0 amide bonds. The van der Waals surface area contributed by atoms with Crippen molar-refractivity contribution in [3.8, 4) is 0 Å². The maximum atomic E-state index is 5.08. The van der Waals surface area contributed by atoms with Gasteiger partial charge in [-0.15, -0.1) is 0 Å². The van der Waals surface area contributed by atoms with Gasteiger partial charge in [0.15, 0.2) is 0 Å². The van der Waals surface area contributed by atoms with Crippen LogP contribution in [0.2, 0.25) is 0 Å². The van der Waals surface area contributed by atoms with Crippen molar-refractivity contribution >= 4 is 0 Å². The van der Waals surface area contributed by atoms with Gasteiger partial charge in [-0.2, -0.15) is 0 Å². The fourth-order valence-corrected chi connectivity index (χ4v) is 3.60. The molecule has 2 unspecified atom stereocenters. The predicted molar refractivity (Wildman–Crippen MR) is 69.6 cm³/mol. The molecule has 0 bridgehead atoms. The average molecular weight is 270 g/mol. The predicted octanol–water partition coefficient (Wildman–Crippen LogP) is 2.66. The lowest BCUT2D eigenvalue weighted by Crippen LogP contribution is -2.29. The molecule has 1 aromatic carbocycles. The van der Waals surface area contributed by atoms with Gasteiger partial charge in [0, 0.05) is 11.8 Å². The Hall–Kier alpha value is -1.46. The monoisotopic (exact) mass is 270 g/mol. The summed E-state index contributed by atoms with van der Waals surface area (Å²) >= 11 is 0. The van der Waals surface area contributed by atoms with Gasteiger partial charge in [0.1, 0.15) is 26.4 Å². The molecule has 0 saturated carbocycles. The number of rotatable bonds is 0. The standard InChI is InChI=1S/C16H14O4/c1-9-5-17-18-6-10(9)2-14-13(1)15-3-11-7-19-20-8-12(11)4-16(14)15/h1-4,13-14H,5-8H2. The Morgan fingerprint density at radius 1 is 0.650 bits per heavy atom. The zero-order valence-corrected chi connectivity index (χ0v) is 10.9. The van der Waals surface area contributed by atoms with E-state index in [0.29, 0.717) is 38.3 Å². The fourth-order valence-electron chi connectivity index (χ4n) is 3.60. The van der Waals surface area contributed by atoms with Crippen LogP contribution in [0.25, 0.3) is 0 Å². The summed E-state index contributed by atoms with van der Waals surface area (Å²) in [5.41, 5.74) is 7.91. The van der Waals surface area contributed by atoms with Gasteiger partial charge in [0.2, 0.25) is 0 Å². The number of hydrogen-bond donors (Lipinski definition) is 0. The topological polar surface area (TPSA) is 36.9 Å². The summed E-state index contributed by atoms with van der Waals surface area (Å²) in [6, 6.07) is 4.56. The molecule has 4 nitrogen and oxygen atoms in total. The molecule has 20 heavy (non-hydrogen) atoms. The van der Waals surface area contributed by atoms with E-state index in [2.05, 4.69) is 24.3 Å². The van der Waals surface area contributed by atoms with E-state index in [-0.39, 0.29) is 0 Å². The second kappa shape index (κ2) is 4.02. The van der Waals surface area contributed by atoms with Crippen molar-refractivity contribution in [3.05, 3.63) is 57.7 Å². The molecule has 2 aliphatic heterocycles. The minimum atomic E-state index is 0.485. The van der Waals surface area contributed by atoms with Crippen molar-refractivity contribution in [2.24, 2.45) is 0 Å². The molecule has 4 heteroatoms. The molecule has 102 valence electrons. The largest absolute Gasteiger partial charge is 0.232 e. The summed E-state index contributed by atoms with van der Waals surface area (Å²) in [4.78, 5) is 20.3. The molecule has 1 saturated heterocycles. The van der Waals surface area contributed by atoms with Crippen molar-refractivity contribution < 1.29 is 19.6 Å². The highest BCUT2D eigenvalue weighted by atomic mass is 17.2. The van der Waals surface area contributed by atoms with E-state index < -0.39 is 0 Å². The summed E-state index contributed by atoms with van der Waals surface area (Å²) in [6.45, 7) is 2.22. The Morgan fingerprint density at radius 2 is 1.10 bits per heavy atom. The van der Waals surface area contributed by atoms with E-state index in [9.17, 15) is 0 Å². The zero-order chi connectivity index (χ0) is 13.1. The highest BCUT2D eigenvalue weighted by molar-refractivity contribution is 5.59. The van der Waals surface area contributed by atoms with Crippen molar-refractivity contribution in [2.45, 2.75) is 25.0 Å². The Labute approximate surface area is 116 Å². The number of hydrogen-bond acceptors (Lipinski definition) is 4. The molecule has 2 atom stereocenters. The van der Waals surface area contributed by atoms with Crippen molar-refractivity contribution in [2.75, 3.05) is 13.2 Å². The molecule has 0 radical (unpaired) electrons. The molecule has 2 heterocycles. The van der Waals surface area contributed by atoms with E-state index in [1.807, 2.05) is 0 Å². The summed E-state index contributed by atoms with van der Waals surface area (Å²) in [7, 11) is 0. The second-order valence-electron chi connectivity index (χ2n) is 5.73. The summed E-state index contributed by atoms with van der Waals surface area (Å²) in [5, 5.41) is 0. The smallest absolute Gasteiger partial charge is 0.108 e. The van der Waals surface area contributed by atoms with Gasteiger partial charge >= 0.3 is 0 Å². The third-order valence-corrected chi connectivity index (χ3v) is 4.71. The van der Waals surface area contributed by atoms with Crippen LogP contribution in [0.3, 0.4) is 0 Å². The zero-order valence-electron chi connectivity index (χ0n) is 10.9. The second-order valence-corrected chi connectivity index (χ2v) is 5.73. The third kappa shape index (κ3) is 1.45. The summed E-state index contributed by atoms with van der Waals surface area (Å²) in [5.74, 6) is 0.970.